The summed E-state index contributed by atoms with van der Waals surface area (Å²) in [5.41, 5.74) is 1.67. The number of thioether (sulfide) groups is 1. The molecule has 2 aromatic heterocycles. The smallest absolute Gasteiger partial charge is 0.234 e. The molecule has 1 aromatic carbocycles. The van der Waals surface area contributed by atoms with Crippen molar-refractivity contribution >= 4 is 52.0 Å². The highest BCUT2D eigenvalue weighted by molar-refractivity contribution is 7.99. The SMILES string of the molecule is CCn1c(SCC(=O)Nc2cc(Cl)ccc2N2CCOCC2)nnc1-c1cccs1. The number of amides is 1. The van der Waals surface area contributed by atoms with Gasteiger partial charge in [-0.15, -0.1) is 21.5 Å². The van der Waals surface area contributed by atoms with Crippen molar-refractivity contribution in [1.82, 2.24) is 14.8 Å². The first kappa shape index (κ1) is 21.2. The van der Waals surface area contributed by atoms with Gasteiger partial charge in [0.1, 0.15) is 0 Å². The van der Waals surface area contributed by atoms with Crippen LogP contribution in [0.3, 0.4) is 0 Å². The summed E-state index contributed by atoms with van der Waals surface area (Å²) in [6, 6.07) is 9.59. The number of rotatable bonds is 7. The molecule has 0 radical (unpaired) electrons. The van der Waals surface area contributed by atoms with Crippen molar-refractivity contribution in [3.05, 3.63) is 40.7 Å². The lowest BCUT2D eigenvalue weighted by atomic mass is 10.2. The van der Waals surface area contributed by atoms with Crippen LogP contribution >= 0.6 is 34.7 Å². The third-order valence-electron chi connectivity index (χ3n) is 4.69. The fourth-order valence-corrected chi connectivity index (χ4v) is 4.97. The van der Waals surface area contributed by atoms with Gasteiger partial charge in [-0.2, -0.15) is 0 Å². The number of nitrogens with zero attached hydrogens (tertiary/aromatic N) is 4. The van der Waals surface area contributed by atoms with E-state index in [1.54, 1.807) is 17.4 Å². The topological polar surface area (TPSA) is 72.3 Å². The molecule has 158 valence electrons. The van der Waals surface area contributed by atoms with Gasteiger partial charge in [0.2, 0.25) is 5.91 Å². The minimum atomic E-state index is -0.111. The predicted molar refractivity (Wildman–Crippen MR) is 123 cm³/mol. The van der Waals surface area contributed by atoms with Crippen LogP contribution in [0.25, 0.3) is 10.7 Å². The Bertz CT molecular complexity index is 1000. The van der Waals surface area contributed by atoms with Crippen LogP contribution in [-0.2, 0) is 16.1 Å². The first-order valence-electron chi connectivity index (χ1n) is 9.67. The lowest BCUT2D eigenvalue weighted by Gasteiger charge is -2.30. The Hall–Kier alpha value is -2.07. The summed E-state index contributed by atoms with van der Waals surface area (Å²) < 4.78 is 7.46. The Kier molecular flexibility index (Phi) is 6.93. The Balaban J connectivity index is 1.44. The average molecular weight is 464 g/mol. The van der Waals surface area contributed by atoms with Crippen molar-refractivity contribution in [2.24, 2.45) is 0 Å². The fraction of sp³-hybridized carbons (Fsp3) is 0.350. The molecule has 10 heteroatoms. The minimum Gasteiger partial charge on any atom is -0.378 e. The first-order valence-corrected chi connectivity index (χ1v) is 11.9. The van der Waals surface area contributed by atoms with Gasteiger partial charge >= 0.3 is 0 Å². The van der Waals surface area contributed by atoms with E-state index in [-0.39, 0.29) is 11.7 Å². The van der Waals surface area contributed by atoms with Gasteiger partial charge in [-0.1, -0.05) is 29.4 Å². The highest BCUT2D eigenvalue weighted by Gasteiger charge is 2.18. The van der Waals surface area contributed by atoms with E-state index in [9.17, 15) is 4.79 Å². The Labute approximate surface area is 188 Å². The molecule has 1 aliphatic heterocycles. The summed E-state index contributed by atoms with van der Waals surface area (Å²) in [7, 11) is 0. The molecule has 1 amide bonds. The van der Waals surface area contributed by atoms with E-state index < -0.39 is 0 Å². The highest BCUT2D eigenvalue weighted by Crippen LogP contribution is 2.31. The Morgan fingerprint density at radius 3 is 2.87 bits per heavy atom. The number of nitrogens with one attached hydrogen (secondary N) is 1. The standard InChI is InChI=1S/C20H22ClN5O2S2/c1-2-26-19(17-4-3-11-29-17)23-24-20(26)30-13-18(27)22-15-12-14(21)5-6-16(15)25-7-9-28-10-8-25/h3-6,11-12H,2,7-10,13H2,1H3,(H,22,27). The molecule has 3 heterocycles. The molecule has 4 rings (SSSR count). The predicted octanol–water partition coefficient (Wildman–Crippen LogP) is 4.25. The van der Waals surface area contributed by atoms with Gasteiger partial charge in [-0.3, -0.25) is 4.79 Å². The van der Waals surface area contributed by atoms with Gasteiger partial charge in [0.25, 0.3) is 0 Å². The van der Waals surface area contributed by atoms with Crippen LogP contribution in [0.15, 0.2) is 40.9 Å². The van der Waals surface area contributed by atoms with Crippen molar-refractivity contribution in [1.29, 1.82) is 0 Å². The number of carbonyl (C=O) groups excluding carboxylic acids is 1. The van der Waals surface area contributed by atoms with E-state index in [2.05, 4.69) is 20.4 Å². The summed E-state index contributed by atoms with van der Waals surface area (Å²) in [5.74, 6) is 0.956. The highest BCUT2D eigenvalue weighted by atomic mass is 35.5. The number of hydrogen-bond donors (Lipinski definition) is 1. The van der Waals surface area contributed by atoms with Gasteiger partial charge in [0, 0.05) is 24.7 Å². The summed E-state index contributed by atoms with van der Waals surface area (Å²) in [4.78, 5) is 16.0. The van der Waals surface area contributed by atoms with Crippen LogP contribution in [0.2, 0.25) is 5.02 Å². The van der Waals surface area contributed by atoms with Crippen LogP contribution in [0.1, 0.15) is 6.92 Å². The largest absolute Gasteiger partial charge is 0.378 e. The molecule has 0 atom stereocenters. The summed E-state index contributed by atoms with van der Waals surface area (Å²) in [5, 5.41) is 14.9. The zero-order chi connectivity index (χ0) is 20.9. The van der Waals surface area contributed by atoms with Crippen molar-refractivity contribution in [2.45, 2.75) is 18.6 Å². The number of hydrogen-bond acceptors (Lipinski definition) is 7. The van der Waals surface area contributed by atoms with Crippen LogP contribution in [0.5, 0.6) is 0 Å². The van der Waals surface area contributed by atoms with Gasteiger partial charge in [-0.25, -0.2) is 0 Å². The molecule has 0 saturated carbocycles. The fourth-order valence-electron chi connectivity index (χ4n) is 3.27. The number of aromatic nitrogens is 3. The molecular formula is C20H22ClN5O2S2. The van der Waals surface area contributed by atoms with E-state index in [1.165, 1.54) is 11.8 Å². The summed E-state index contributed by atoms with van der Waals surface area (Å²) in [6.07, 6.45) is 0. The molecule has 30 heavy (non-hydrogen) atoms. The monoisotopic (exact) mass is 463 g/mol. The second-order valence-electron chi connectivity index (χ2n) is 6.63. The quantitative estimate of drug-likeness (QED) is 0.528. The molecule has 7 nitrogen and oxygen atoms in total. The number of thiophene rings is 1. The molecule has 1 N–H and O–H groups in total. The van der Waals surface area contributed by atoms with Gasteiger partial charge in [-0.05, 0) is 36.6 Å². The van der Waals surface area contributed by atoms with Crippen LogP contribution in [0.4, 0.5) is 11.4 Å². The maximum atomic E-state index is 12.7. The third-order valence-corrected chi connectivity index (χ3v) is 6.76. The van der Waals surface area contributed by atoms with E-state index in [4.69, 9.17) is 16.3 Å². The number of carbonyl (C=O) groups is 1. The number of benzene rings is 1. The second kappa shape index (κ2) is 9.82. The number of anilines is 2. The third kappa shape index (κ3) is 4.80. The van der Waals surface area contributed by atoms with Gasteiger partial charge in [0.05, 0.1) is 35.2 Å². The molecule has 1 aliphatic rings. The molecule has 0 spiro atoms. The van der Waals surface area contributed by atoms with Crippen molar-refractivity contribution in [3.8, 4) is 10.7 Å². The molecule has 1 saturated heterocycles. The summed E-state index contributed by atoms with van der Waals surface area (Å²) in [6.45, 7) is 5.69. The van der Waals surface area contributed by atoms with Gasteiger partial charge in [0.15, 0.2) is 11.0 Å². The minimum absolute atomic E-state index is 0.111. The zero-order valence-corrected chi connectivity index (χ0v) is 18.9. The summed E-state index contributed by atoms with van der Waals surface area (Å²) >= 11 is 9.18. The lowest BCUT2D eigenvalue weighted by Crippen LogP contribution is -2.36. The molecule has 1 fully saturated rings. The van der Waals surface area contributed by atoms with E-state index >= 15 is 0 Å². The second-order valence-corrected chi connectivity index (χ2v) is 8.95. The van der Waals surface area contributed by atoms with Gasteiger partial charge < -0.3 is 19.5 Å². The number of morpholine rings is 1. The molecule has 0 unspecified atom stereocenters. The maximum Gasteiger partial charge on any atom is 0.234 e. The van der Waals surface area contributed by atoms with E-state index in [1.807, 2.05) is 41.1 Å². The van der Waals surface area contributed by atoms with E-state index in [0.717, 1.165) is 41.2 Å². The van der Waals surface area contributed by atoms with Crippen LogP contribution < -0.4 is 10.2 Å². The average Bonchev–Trinajstić information content (AvgIpc) is 3.42. The molecular weight excluding hydrogens is 442 g/mol. The molecule has 3 aromatic rings. The number of ether oxygens (including phenoxy) is 1. The van der Waals surface area contributed by atoms with Crippen molar-refractivity contribution < 1.29 is 9.53 Å². The zero-order valence-electron chi connectivity index (χ0n) is 16.5. The van der Waals surface area contributed by atoms with E-state index in [0.29, 0.717) is 23.9 Å². The van der Waals surface area contributed by atoms with Crippen molar-refractivity contribution in [2.75, 3.05) is 42.3 Å². The Morgan fingerprint density at radius 1 is 1.30 bits per heavy atom. The Morgan fingerprint density at radius 2 is 2.13 bits per heavy atom. The maximum absolute atomic E-state index is 12.7. The van der Waals surface area contributed by atoms with Crippen LogP contribution in [-0.4, -0.2) is 52.7 Å². The first-order chi connectivity index (χ1) is 14.7. The molecule has 0 bridgehead atoms. The number of halogens is 1. The van der Waals surface area contributed by atoms with Crippen molar-refractivity contribution in [3.63, 3.8) is 0 Å². The lowest BCUT2D eigenvalue weighted by molar-refractivity contribution is -0.113. The molecule has 0 aliphatic carbocycles. The van der Waals surface area contributed by atoms with Crippen LogP contribution in [0, 0.1) is 0 Å². The normalized spacial score (nSPS) is 14.1.